The number of benzene rings is 2. The number of carboxylic acids is 1. The monoisotopic (exact) mass is 303 g/mol. The number of methoxy groups -OCH3 is 1. The van der Waals surface area contributed by atoms with E-state index in [9.17, 15) is 9.90 Å². The second-order valence-corrected chi connectivity index (χ2v) is 6.21. The Labute approximate surface area is 127 Å². The first kappa shape index (κ1) is 14.2. The summed E-state index contributed by atoms with van der Waals surface area (Å²) < 4.78 is 5.50. The van der Waals surface area contributed by atoms with Crippen LogP contribution in [0.4, 0.5) is 0 Å². The van der Waals surface area contributed by atoms with Crippen LogP contribution in [-0.2, 0) is 4.79 Å². The summed E-state index contributed by atoms with van der Waals surface area (Å²) in [7, 11) is 1.65. The van der Waals surface area contributed by atoms with Crippen LogP contribution in [0.1, 0.15) is 17.4 Å². The Hall–Kier alpha value is -1.72. The number of carbonyl (C=O) groups is 1. The van der Waals surface area contributed by atoms with E-state index < -0.39 is 12.0 Å². The van der Waals surface area contributed by atoms with Crippen molar-refractivity contribution in [1.29, 1.82) is 0 Å². The van der Waals surface area contributed by atoms with Crippen LogP contribution in [0.2, 0.25) is 0 Å². The van der Waals surface area contributed by atoms with Gasteiger partial charge in [0.15, 0.2) is 0 Å². The Morgan fingerprint density at radius 1 is 1.33 bits per heavy atom. The van der Waals surface area contributed by atoms with Crippen molar-refractivity contribution in [3.05, 3.63) is 42.0 Å². The van der Waals surface area contributed by atoms with Crippen molar-refractivity contribution >= 4 is 28.5 Å². The summed E-state index contributed by atoms with van der Waals surface area (Å²) in [6, 6.07) is 11.6. The van der Waals surface area contributed by atoms with Gasteiger partial charge in [-0.3, -0.25) is 10.1 Å². The molecule has 1 heterocycles. The fourth-order valence-corrected chi connectivity index (χ4v) is 3.98. The molecular weight excluding hydrogens is 286 g/mol. The number of thioether (sulfide) groups is 1. The Morgan fingerprint density at radius 2 is 2.14 bits per heavy atom. The molecule has 110 valence electrons. The second-order valence-electron chi connectivity index (χ2n) is 5.00. The van der Waals surface area contributed by atoms with Crippen molar-refractivity contribution in [2.45, 2.75) is 17.8 Å². The van der Waals surface area contributed by atoms with Gasteiger partial charge in [-0.2, -0.15) is 0 Å². The lowest BCUT2D eigenvalue weighted by Gasteiger charge is -2.30. The average molecular weight is 303 g/mol. The normalized spacial score (nSPS) is 22.1. The molecule has 1 aliphatic heterocycles. The third kappa shape index (κ3) is 2.71. The summed E-state index contributed by atoms with van der Waals surface area (Å²) in [6.45, 7) is 0. The Bertz CT molecular complexity index is 674. The van der Waals surface area contributed by atoms with Crippen LogP contribution in [0.5, 0.6) is 5.75 Å². The summed E-state index contributed by atoms with van der Waals surface area (Å²) in [5.74, 6) is 0.824. The van der Waals surface area contributed by atoms with Crippen molar-refractivity contribution in [3.63, 3.8) is 0 Å². The van der Waals surface area contributed by atoms with Gasteiger partial charge in [-0.1, -0.05) is 30.3 Å². The molecule has 1 saturated heterocycles. The number of aliphatic carboxylic acids is 1. The lowest BCUT2D eigenvalue weighted by Crippen LogP contribution is -2.41. The maximum Gasteiger partial charge on any atom is 0.320 e. The molecule has 0 bridgehead atoms. The molecule has 5 heteroatoms. The van der Waals surface area contributed by atoms with Gasteiger partial charge in [0.25, 0.3) is 0 Å². The van der Waals surface area contributed by atoms with E-state index in [1.165, 1.54) is 0 Å². The van der Waals surface area contributed by atoms with E-state index in [4.69, 9.17) is 4.74 Å². The summed E-state index contributed by atoms with van der Waals surface area (Å²) in [5, 5.41) is 14.6. The van der Waals surface area contributed by atoms with Gasteiger partial charge in [-0.25, -0.2) is 0 Å². The minimum Gasteiger partial charge on any atom is -0.496 e. The zero-order chi connectivity index (χ0) is 14.8. The van der Waals surface area contributed by atoms with E-state index in [1.54, 1.807) is 18.9 Å². The quantitative estimate of drug-likeness (QED) is 0.913. The third-order valence-electron chi connectivity index (χ3n) is 3.75. The molecule has 4 nitrogen and oxygen atoms in total. The predicted octanol–water partition coefficient (Wildman–Crippen LogP) is 3.03. The van der Waals surface area contributed by atoms with Crippen LogP contribution in [-0.4, -0.2) is 30.0 Å². The van der Waals surface area contributed by atoms with Crippen LogP contribution >= 0.6 is 11.8 Å². The van der Waals surface area contributed by atoms with Crippen molar-refractivity contribution in [1.82, 2.24) is 5.32 Å². The Morgan fingerprint density at radius 3 is 2.90 bits per heavy atom. The van der Waals surface area contributed by atoms with Crippen molar-refractivity contribution in [2.24, 2.45) is 0 Å². The average Bonchev–Trinajstić information content (AvgIpc) is 2.53. The first-order chi connectivity index (χ1) is 10.2. The number of rotatable bonds is 3. The highest BCUT2D eigenvalue weighted by molar-refractivity contribution is 7.99. The van der Waals surface area contributed by atoms with Crippen LogP contribution in [0, 0.1) is 0 Å². The van der Waals surface area contributed by atoms with Gasteiger partial charge in [0.2, 0.25) is 0 Å². The number of hydrogen-bond donors (Lipinski definition) is 2. The maximum atomic E-state index is 11.2. The molecule has 2 unspecified atom stereocenters. The maximum absolute atomic E-state index is 11.2. The minimum atomic E-state index is -0.792. The number of nitrogens with one attached hydrogen (secondary N) is 1. The molecule has 3 rings (SSSR count). The lowest BCUT2D eigenvalue weighted by molar-refractivity contribution is -0.139. The summed E-state index contributed by atoms with van der Waals surface area (Å²) in [4.78, 5) is 11.2. The van der Waals surface area contributed by atoms with Crippen molar-refractivity contribution < 1.29 is 14.6 Å². The molecule has 1 aliphatic rings. The molecule has 0 radical (unpaired) electrons. The summed E-state index contributed by atoms with van der Waals surface area (Å²) >= 11 is 1.73. The third-order valence-corrected chi connectivity index (χ3v) is 4.93. The number of ether oxygens (including phenoxy) is 1. The van der Waals surface area contributed by atoms with Gasteiger partial charge in [0.1, 0.15) is 11.8 Å². The van der Waals surface area contributed by atoms with E-state index in [1.807, 2.05) is 24.3 Å². The highest BCUT2D eigenvalue weighted by Gasteiger charge is 2.30. The zero-order valence-electron chi connectivity index (χ0n) is 11.7. The molecule has 2 aromatic carbocycles. The lowest BCUT2D eigenvalue weighted by atomic mass is 10.0. The smallest absolute Gasteiger partial charge is 0.320 e. The number of hydrogen-bond acceptors (Lipinski definition) is 4. The van der Waals surface area contributed by atoms with E-state index in [0.29, 0.717) is 6.42 Å². The van der Waals surface area contributed by atoms with Gasteiger partial charge in [0.05, 0.1) is 12.5 Å². The molecule has 0 aromatic heterocycles. The molecule has 0 aliphatic carbocycles. The van der Waals surface area contributed by atoms with E-state index >= 15 is 0 Å². The van der Waals surface area contributed by atoms with E-state index in [2.05, 4.69) is 17.4 Å². The summed E-state index contributed by atoms with van der Waals surface area (Å²) in [6.07, 6.45) is 0.642. The molecule has 21 heavy (non-hydrogen) atoms. The van der Waals surface area contributed by atoms with E-state index in [-0.39, 0.29) is 5.37 Å². The second kappa shape index (κ2) is 5.95. The molecular formula is C16H17NO3S. The van der Waals surface area contributed by atoms with Crippen LogP contribution < -0.4 is 10.1 Å². The van der Waals surface area contributed by atoms with Crippen LogP contribution in [0.3, 0.4) is 0 Å². The minimum absolute atomic E-state index is 0.0686. The van der Waals surface area contributed by atoms with Crippen LogP contribution in [0.15, 0.2) is 36.4 Å². The molecule has 2 N–H and O–H groups in total. The first-order valence-corrected chi connectivity index (χ1v) is 7.91. The van der Waals surface area contributed by atoms with Gasteiger partial charge >= 0.3 is 5.97 Å². The topological polar surface area (TPSA) is 58.6 Å². The van der Waals surface area contributed by atoms with Gasteiger partial charge in [0, 0.05) is 5.56 Å². The fraction of sp³-hybridized carbons (Fsp3) is 0.312. The predicted molar refractivity (Wildman–Crippen MR) is 84.9 cm³/mol. The Kier molecular flexibility index (Phi) is 4.03. The van der Waals surface area contributed by atoms with Crippen molar-refractivity contribution in [3.8, 4) is 5.75 Å². The highest BCUT2D eigenvalue weighted by atomic mass is 32.2. The number of fused-ring (bicyclic) bond motifs is 1. The van der Waals surface area contributed by atoms with Gasteiger partial charge < -0.3 is 9.84 Å². The van der Waals surface area contributed by atoms with Gasteiger partial charge in [-0.15, -0.1) is 11.8 Å². The molecule has 0 spiro atoms. The van der Waals surface area contributed by atoms with E-state index in [0.717, 1.165) is 27.8 Å². The SMILES string of the molecule is COc1ccc2ccccc2c1C1NC(C(=O)O)CCS1. The summed E-state index contributed by atoms with van der Waals surface area (Å²) in [5.41, 5.74) is 1.03. The zero-order valence-corrected chi connectivity index (χ0v) is 12.5. The largest absolute Gasteiger partial charge is 0.496 e. The Balaban J connectivity index is 2.07. The molecule has 1 fully saturated rings. The molecule has 2 aromatic rings. The molecule has 2 atom stereocenters. The molecule has 0 amide bonds. The fourth-order valence-electron chi connectivity index (χ4n) is 2.70. The van der Waals surface area contributed by atoms with Gasteiger partial charge in [-0.05, 0) is 29.0 Å². The standard InChI is InChI=1S/C16H17NO3S/c1-20-13-7-6-10-4-2-3-5-11(10)14(13)15-17-12(16(18)19)8-9-21-15/h2-7,12,15,17H,8-9H2,1H3,(H,18,19). The highest BCUT2D eigenvalue weighted by Crippen LogP contribution is 2.40. The number of carboxylic acid groups (broad SMARTS) is 1. The van der Waals surface area contributed by atoms with Crippen LogP contribution in [0.25, 0.3) is 10.8 Å². The first-order valence-electron chi connectivity index (χ1n) is 6.87. The van der Waals surface area contributed by atoms with Crippen molar-refractivity contribution in [2.75, 3.05) is 12.9 Å². The molecule has 0 saturated carbocycles.